The van der Waals surface area contributed by atoms with E-state index in [1.807, 2.05) is 12.1 Å². The first-order valence-corrected chi connectivity index (χ1v) is 8.94. The zero-order valence-corrected chi connectivity index (χ0v) is 14.4. The minimum atomic E-state index is -3.25. The van der Waals surface area contributed by atoms with Crippen LogP contribution in [0.5, 0.6) is 0 Å². The lowest BCUT2D eigenvalue weighted by Gasteiger charge is -2.24. The molecule has 0 heterocycles. The van der Waals surface area contributed by atoms with Gasteiger partial charge in [0.25, 0.3) is 0 Å². The van der Waals surface area contributed by atoms with Gasteiger partial charge in [-0.3, -0.25) is 4.79 Å². The lowest BCUT2D eigenvalue weighted by molar-refractivity contribution is -0.126. The summed E-state index contributed by atoms with van der Waals surface area (Å²) >= 11 is 3.32. The van der Waals surface area contributed by atoms with Crippen LogP contribution in [-0.2, 0) is 20.4 Å². The molecule has 1 aromatic rings. The number of nitrogens with one attached hydrogen (secondary N) is 2. The Morgan fingerprint density at radius 3 is 2.38 bits per heavy atom. The van der Waals surface area contributed by atoms with Crippen molar-refractivity contribution in [2.45, 2.75) is 19.4 Å². The van der Waals surface area contributed by atoms with Crippen molar-refractivity contribution in [1.29, 1.82) is 0 Å². The van der Waals surface area contributed by atoms with Gasteiger partial charge in [0.15, 0.2) is 0 Å². The van der Waals surface area contributed by atoms with Crippen molar-refractivity contribution in [2.75, 3.05) is 18.8 Å². The summed E-state index contributed by atoms with van der Waals surface area (Å²) < 4.78 is 25.8. The fourth-order valence-corrected chi connectivity index (χ4v) is 2.48. The van der Waals surface area contributed by atoms with Crippen LogP contribution in [0, 0.1) is 0 Å². The summed E-state index contributed by atoms with van der Waals surface area (Å²) in [5.74, 6) is -0.352. The third-order valence-electron chi connectivity index (χ3n) is 3.03. The fraction of sp³-hybridized carbons (Fsp3) is 0.462. The minimum Gasteiger partial charge on any atom is -0.353 e. The Morgan fingerprint density at radius 1 is 1.29 bits per heavy atom. The molecule has 1 aromatic carbocycles. The second-order valence-corrected chi connectivity index (χ2v) is 7.77. The van der Waals surface area contributed by atoms with E-state index in [4.69, 9.17) is 5.73 Å². The van der Waals surface area contributed by atoms with Crippen LogP contribution in [0.4, 0.5) is 0 Å². The summed E-state index contributed by atoms with van der Waals surface area (Å²) in [6.07, 6.45) is 0. The predicted molar refractivity (Wildman–Crippen MR) is 86.2 cm³/mol. The summed E-state index contributed by atoms with van der Waals surface area (Å²) in [6, 6.07) is 7.15. The first-order chi connectivity index (χ1) is 9.69. The topological polar surface area (TPSA) is 101 Å². The Bertz CT molecular complexity index is 585. The molecule has 0 bridgehead atoms. The van der Waals surface area contributed by atoms with Gasteiger partial charge in [-0.2, -0.15) is 0 Å². The average molecular weight is 378 g/mol. The molecule has 4 N–H and O–H groups in total. The Balaban J connectivity index is 2.56. The molecule has 1 amide bonds. The van der Waals surface area contributed by atoms with Crippen LogP contribution in [0.1, 0.15) is 19.4 Å². The third-order valence-corrected chi connectivity index (χ3v) is 4.96. The van der Waals surface area contributed by atoms with E-state index in [2.05, 4.69) is 26.0 Å². The molecule has 0 aromatic heterocycles. The maximum absolute atomic E-state index is 12.1. The number of carbonyl (C=O) groups excluding carboxylic acids is 1. The highest BCUT2D eigenvalue weighted by Crippen LogP contribution is 2.20. The number of hydrogen-bond donors (Lipinski definition) is 3. The van der Waals surface area contributed by atoms with Gasteiger partial charge in [-0.25, -0.2) is 13.1 Å². The van der Waals surface area contributed by atoms with Crippen LogP contribution in [0.15, 0.2) is 28.7 Å². The molecule has 0 aliphatic carbocycles. The molecule has 6 nitrogen and oxygen atoms in total. The van der Waals surface area contributed by atoms with E-state index in [0.717, 1.165) is 4.47 Å². The van der Waals surface area contributed by atoms with Crippen LogP contribution in [0.25, 0.3) is 0 Å². The van der Waals surface area contributed by atoms with Gasteiger partial charge in [0, 0.05) is 17.6 Å². The molecule has 0 radical (unpaired) electrons. The van der Waals surface area contributed by atoms with Crippen LogP contribution >= 0.6 is 15.9 Å². The maximum Gasteiger partial charge on any atom is 0.244 e. The second-order valence-electron chi connectivity index (χ2n) is 4.76. The molecule has 0 saturated heterocycles. The number of rotatable bonds is 7. The lowest BCUT2D eigenvalue weighted by Crippen LogP contribution is -2.50. The van der Waals surface area contributed by atoms with Crippen molar-refractivity contribution in [3.05, 3.63) is 34.3 Å². The summed E-state index contributed by atoms with van der Waals surface area (Å²) in [7, 11) is -3.25. The SMILES string of the molecule is CCS(=O)(=O)NCCNC(=O)C(C)(N)c1ccc(Br)cc1. The quantitative estimate of drug-likeness (QED) is 0.608. The fourth-order valence-electron chi connectivity index (χ4n) is 1.60. The maximum atomic E-state index is 12.1. The first kappa shape index (κ1) is 18.1. The molecule has 1 unspecified atom stereocenters. The summed E-state index contributed by atoms with van der Waals surface area (Å²) in [5, 5.41) is 2.63. The van der Waals surface area contributed by atoms with Gasteiger partial charge in [-0.05, 0) is 31.5 Å². The molecule has 118 valence electrons. The summed E-state index contributed by atoms with van der Waals surface area (Å²) in [5.41, 5.74) is 5.56. The molecule has 0 aliphatic rings. The highest BCUT2D eigenvalue weighted by molar-refractivity contribution is 9.10. The van der Waals surface area contributed by atoms with E-state index in [0.29, 0.717) is 5.56 Å². The van der Waals surface area contributed by atoms with Crippen LogP contribution in [-0.4, -0.2) is 33.2 Å². The average Bonchev–Trinajstić information content (AvgIpc) is 2.43. The van der Waals surface area contributed by atoms with E-state index >= 15 is 0 Å². The molecule has 0 spiro atoms. The zero-order chi connectivity index (χ0) is 16.1. The summed E-state index contributed by atoms with van der Waals surface area (Å²) in [6.45, 7) is 3.48. The van der Waals surface area contributed by atoms with Gasteiger partial charge < -0.3 is 11.1 Å². The van der Waals surface area contributed by atoms with Crippen LogP contribution in [0.3, 0.4) is 0 Å². The minimum absolute atomic E-state index is 0.00838. The normalized spacial score (nSPS) is 14.5. The van der Waals surface area contributed by atoms with Gasteiger partial charge in [-0.15, -0.1) is 0 Å². The third kappa shape index (κ3) is 5.39. The van der Waals surface area contributed by atoms with Crippen LogP contribution in [0.2, 0.25) is 0 Å². The number of nitrogens with two attached hydrogens (primary N) is 1. The molecular weight excluding hydrogens is 358 g/mol. The molecule has 8 heteroatoms. The van der Waals surface area contributed by atoms with Crippen LogP contribution < -0.4 is 15.8 Å². The number of sulfonamides is 1. The van der Waals surface area contributed by atoms with Crippen molar-refractivity contribution >= 4 is 31.9 Å². The largest absolute Gasteiger partial charge is 0.353 e. The Kier molecular flexibility index (Phi) is 6.33. The van der Waals surface area contributed by atoms with Crippen molar-refractivity contribution in [1.82, 2.24) is 10.0 Å². The number of benzene rings is 1. The second kappa shape index (κ2) is 7.35. The molecule has 1 atom stereocenters. The van der Waals surface area contributed by atoms with Crippen molar-refractivity contribution in [3.8, 4) is 0 Å². The molecule has 21 heavy (non-hydrogen) atoms. The lowest BCUT2D eigenvalue weighted by atomic mass is 9.92. The molecule has 0 fully saturated rings. The Labute approximate surface area is 133 Å². The molecule has 0 aliphatic heterocycles. The highest BCUT2D eigenvalue weighted by atomic mass is 79.9. The predicted octanol–water partition coefficient (Wildman–Crippen LogP) is 0.678. The number of carbonyl (C=O) groups is 1. The first-order valence-electron chi connectivity index (χ1n) is 6.49. The van der Waals surface area contributed by atoms with Gasteiger partial charge >= 0.3 is 0 Å². The van der Waals surface area contributed by atoms with Gasteiger partial charge in [0.2, 0.25) is 15.9 Å². The number of halogens is 1. The summed E-state index contributed by atoms with van der Waals surface area (Å²) in [4.78, 5) is 12.1. The van der Waals surface area contributed by atoms with Gasteiger partial charge in [0.1, 0.15) is 5.54 Å². The standard InChI is InChI=1S/C13H20BrN3O3S/c1-3-21(19,20)17-9-8-16-12(18)13(2,15)10-4-6-11(14)7-5-10/h4-7,17H,3,8-9,15H2,1-2H3,(H,16,18). The van der Waals surface area contributed by atoms with E-state index in [9.17, 15) is 13.2 Å². The smallest absolute Gasteiger partial charge is 0.244 e. The Hall–Kier alpha value is -0.960. The number of hydrogen-bond acceptors (Lipinski definition) is 4. The molecule has 0 saturated carbocycles. The van der Waals surface area contributed by atoms with E-state index in [-0.39, 0.29) is 24.7 Å². The Morgan fingerprint density at radius 2 is 1.86 bits per heavy atom. The van der Waals surface area contributed by atoms with E-state index < -0.39 is 15.6 Å². The van der Waals surface area contributed by atoms with Gasteiger partial charge in [0.05, 0.1) is 5.75 Å². The highest BCUT2D eigenvalue weighted by Gasteiger charge is 2.30. The number of amides is 1. The van der Waals surface area contributed by atoms with E-state index in [1.54, 1.807) is 26.0 Å². The monoisotopic (exact) mass is 377 g/mol. The zero-order valence-electron chi connectivity index (χ0n) is 12.0. The van der Waals surface area contributed by atoms with Crippen molar-refractivity contribution in [3.63, 3.8) is 0 Å². The van der Waals surface area contributed by atoms with Crippen molar-refractivity contribution < 1.29 is 13.2 Å². The van der Waals surface area contributed by atoms with Gasteiger partial charge in [-0.1, -0.05) is 28.1 Å². The van der Waals surface area contributed by atoms with Crippen molar-refractivity contribution in [2.24, 2.45) is 5.73 Å². The van der Waals surface area contributed by atoms with E-state index in [1.165, 1.54) is 0 Å². The molecular formula is C13H20BrN3O3S. The molecule has 1 rings (SSSR count).